The number of carbonyl (C=O) groups excluding carboxylic acids is 3. The van der Waals surface area contributed by atoms with Gasteiger partial charge in [-0.1, -0.05) is 45.0 Å². The molecule has 0 unspecified atom stereocenters. The van der Waals surface area contributed by atoms with Crippen molar-refractivity contribution in [3.8, 4) is 11.5 Å². The standard InChI is InChI=1S/C30H34N4O8S/c1-30(2,3)19-17-23(26(40-4)25(18-19)43(31,38)39)34-28(36)27(35)33(29(34)37)22-9-10-24(21-8-6-5-7-20(21)22)42-16-13-32-11-14-41-15-12-32/h5-10,17-18H,11-16H2,1-4H3,(H2,31,38,39). The zero-order valence-corrected chi connectivity index (χ0v) is 25.3. The number of amides is 4. The topological polar surface area (TPSA) is 149 Å². The van der Waals surface area contributed by atoms with Crippen LogP contribution in [0, 0.1) is 0 Å². The number of methoxy groups -OCH3 is 1. The third-order valence-electron chi connectivity index (χ3n) is 7.50. The van der Waals surface area contributed by atoms with E-state index < -0.39 is 38.2 Å². The molecule has 3 aromatic carbocycles. The average molecular weight is 611 g/mol. The third kappa shape index (κ3) is 5.80. The molecule has 2 aliphatic rings. The fourth-order valence-corrected chi connectivity index (χ4v) is 5.92. The Morgan fingerprint density at radius 2 is 1.53 bits per heavy atom. The molecule has 13 heteroatoms. The van der Waals surface area contributed by atoms with Gasteiger partial charge in [-0.25, -0.2) is 28.2 Å². The molecule has 2 N–H and O–H groups in total. The highest BCUT2D eigenvalue weighted by Gasteiger charge is 2.48. The van der Waals surface area contributed by atoms with Crippen molar-refractivity contribution in [2.75, 3.05) is 56.4 Å². The average Bonchev–Trinajstić information content (AvgIpc) is 3.19. The molecule has 4 amide bonds. The number of ether oxygens (including phenoxy) is 3. The van der Waals surface area contributed by atoms with Crippen molar-refractivity contribution in [1.29, 1.82) is 0 Å². The monoisotopic (exact) mass is 610 g/mol. The highest BCUT2D eigenvalue weighted by Crippen LogP contribution is 2.43. The van der Waals surface area contributed by atoms with Gasteiger partial charge in [0, 0.05) is 30.4 Å². The number of anilines is 2. The zero-order valence-electron chi connectivity index (χ0n) is 24.5. The first kappa shape index (κ1) is 30.4. The van der Waals surface area contributed by atoms with Gasteiger partial charge in [-0.15, -0.1) is 0 Å². The number of hydrogen-bond donors (Lipinski definition) is 1. The summed E-state index contributed by atoms with van der Waals surface area (Å²) >= 11 is 0. The van der Waals surface area contributed by atoms with Crippen LogP contribution in [0.1, 0.15) is 26.3 Å². The number of sulfonamides is 1. The Kier molecular flexibility index (Phi) is 8.18. The number of primary sulfonamides is 1. The van der Waals surface area contributed by atoms with Crippen LogP contribution in [-0.4, -0.2) is 77.7 Å². The number of imide groups is 2. The molecule has 0 atom stereocenters. The minimum Gasteiger partial charge on any atom is -0.493 e. The van der Waals surface area contributed by atoms with Crippen LogP contribution >= 0.6 is 0 Å². The van der Waals surface area contributed by atoms with Crippen LogP contribution in [0.15, 0.2) is 53.4 Å². The molecule has 0 bridgehead atoms. The van der Waals surface area contributed by atoms with Crippen LogP contribution in [0.2, 0.25) is 0 Å². The summed E-state index contributed by atoms with van der Waals surface area (Å²) in [6.07, 6.45) is 0. The van der Waals surface area contributed by atoms with Crippen LogP contribution in [0.3, 0.4) is 0 Å². The van der Waals surface area contributed by atoms with Crippen molar-refractivity contribution in [1.82, 2.24) is 4.90 Å². The molecule has 0 radical (unpaired) electrons. The second-order valence-electron chi connectivity index (χ2n) is 11.3. The second kappa shape index (κ2) is 11.6. The number of hydrogen-bond acceptors (Lipinski definition) is 9. The molecule has 2 saturated heterocycles. The highest BCUT2D eigenvalue weighted by molar-refractivity contribution is 7.89. The molecule has 228 valence electrons. The number of benzene rings is 3. The lowest BCUT2D eigenvalue weighted by Crippen LogP contribution is -2.38. The van der Waals surface area contributed by atoms with Crippen molar-refractivity contribution in [3.05, 3.63) is 54.1 Å². The first-order chi connectivity index (χ1) is 20.3. The summed E-state index contributed by atoms with van der Waals surface area (Å²) < 4.78 is 41.9. The molecule has 2 aliphatic heterocycles. The van der Waals surface area contributed by atoms with Crippen molar-refractivity contribution in [2.24, 2.45) is 5.14 Å². The molecule has 2 fully saturated rings. The minimum atomic E-state index is -4.34. The summed E-state index contributed by atoms with van der Waals surface area (Å²) in [5, 5.41) is 6.65. The van der Waals surface area contributed by atoms with E-state index in [1.807, 2.05) is 32.9 Å². The molecule has 0 spiro atoms. The fraction of sp³-hybridized carbons (Fsp3) is 0.367. The Morgan fingerprint density at radius 1 is 0.907 bits per heavy atom. The largest absolute Gasteiger partial charge is 0.493 e. The van der Waals surface area contributed by atoms with Crippen molar-refractivity contribution in [2.45, 2.75) is 31.1 Å². The first-order valence-electron chi connectivity index (χ1n) is 13.8. The minimum absolute atomic E-state index is 0.180. The van der Waals surface area contributed by atoms with Gasteiger partial charge in [0.1, 0.15) is 17.3 Å². The lowest BCUT2D eigenvalue weighted by atomic mass is 9.86. The number of rotatable bonds is 8. The van der Waals surface area contributed by atoms with Crippen molar-refractivity contribution >= 4 is 50.0 Å². The maximum atomic E-state index is 13.9. The number of carbonyl (C=O) groups is 3. The summed E-state index contributed by atoms with van der Waals surface area (Å²) in [4.78, 5) is 44.0. The van der Waals surface area contributed by atoms with Crippen molar-refractivity contribution in [3.63, 3.8) is 0 Å². The number of nitrogens with two attached hydrogens (primary N) is 1. The predicted molar refractivity (Wildman–Crippen MR) is 160 cm³/mol. The predicted octanol–water partition coefficient (Wildman–Crippen LogP) is 3.00. The van der Waals surface area contributed by atoms with Gasteiger partial charge in [-0.2, -0.15) is 0 Å². The van der Waals surface area contributed by atoms with Gasteiger partial charge in [0.15, 0.2) is 5.75 Å². The van der Waals surface area contributed by atoms with E-state index in [1.165, 1.54) is 19.2 Å². The van der Waals surface area contributed by atoms with Crippen molar-refractivity contribution < 1.29 is 37.0 Å². The molecule has 3 aromatic rings. The van der Waals surface area contributed by atoms with Gasteiger partial charge in [0.05, 0.1) is 31.7 Å². The molecule has 2 heterocycles. The molecule has 0 saturated carbocycles. The molecular weight excluding hydrogens is 576 g/mol. The molecule has 0 aromatic heterocycles. The Balaban J connectivity index is 1.54. The van der Waals surface area contributed by atoms with E-state index in [-0.39, 0.29) is 17.1 Å². The molecule has 12 nitrogen and oxygen atoms in total. The van der Waals surface area contributed by atoms with Crippen LogP contribution in [0.5, 0.6) is 11.5 Å². The number of fused-ring (bicyclic) bond motifs is 1. The van der Waals surface area contributed by atoms with Gasteiger partial charge in [-0.3, -0.25) is 14.5 Å². The van der Waals surface area contributed by atoms with E-state index in [0.717, 1.165) is 18.0 Å². The highest BCUT2D eigenvalue weighted by atomic mass is 32.2. The van der Waals surface area contributed by atoms with Gasteiger partial charge in [0.25, 0.3) is 0 Å². The Labute approximate surface area is 249 Å². The van der Waals surface area contributed by atoms with Crippen LogP contribution in [-0.2, 0) is 29.8 Å². The summed E-state index contributed by atoms with van der Waals surface area (Å²) in [5.41, 5.74) is -0.163. The lowest BCUT2D eigenvalue weighted by Gasteiger charge is -2.26. The molecular formula is C30H34N4O8S. The maximum Gasteiger partial charge on any atom is 0.343 e. The fourth-order valence-electron chi connectivity index (χ4n) is 5.18. The van der Waals surface area contributed by atoms with E-state index in [2.05, 4.69) is 4.90 Å². The van der Waals surface area contributed by atoms with Gasteiger partial charge < -0.3 is 14.2 Å². The Bertz CT molecular complexity index is 1710. The van der Waals surface area contributed by atoms with Crippen LogP contribution in [0.25, 0.3) is 10.8 Å². The first-order valence-corrected chi connectivity index (χ1v) is 15.3. The van der Waals surface area contributed by atoms with Gasteiger partial charge in [0.2, 0.25) is 10.0 Å². The quantitative estimate of drug-likeness (QED) is 0.300. The normalized spacial score (nSPS) is 16.8. The van der Waals surface area contributed by atoms with E-state index in [0.29, 0.717) is 53.4 Å². The zero-order chi connectivity index (χ0) is 31.1. The Morgan fingerprint density at radius 3 is 2.14 bits per heavy atom. The van der Waals surface area contributed by atoms with Crippen LogP contribution < -0.4 is 24.4 Å². The summed E-state index contributed by atoms with van der Waals surface area (Å²) in [6, 6.07) is 12.1. The van der Waals surface area contributed by atoms with E-state index in [1.54, 1.807) is 24.3 Å². The molecule has 0 aliphatic carbocycles. The summed E-state index contributed by atoms with van der Waals surface area (Å²) in [6.45, 7) is 9.63. The SMILES string of the molecule is COc1c(N2C(=O)C(=O)N(c3ccc(OCCN4CCOCC4)c4ccccc34)C2=O)cc(C(C)(C)C)cc1S(N)(=O)=O. The van der Waals surface area contributed by atoms with E-state index in [4.69, 9.17) is 19.3 Å². The van der Waals surface area contributed by atoms with Gasteiger partial charge in [-0.05, 0) is 35.2 Å². The summed E-state index contributed by atoms with van der Waals surface area (Å²) in [7, 11) is -3.14. The van der Waals surface area contributed by atoms with E-state index in [9.17, 15) is 22.8 Å². The Hall–Kier alpha value is -4.04. The second-order valence-corrected chi connectivity index (χ2v) is 12.8. The number of nitrogens with zero attached hydrogens (tertiary/aromatic N) is 3. The third-order valence-corrected chi connectivity index (χ3v) is 8.41. The van der Waals surface area contributed by atoms with Crippen LogP contribution in [0.4, 0.5) is 16.2 Å². The smallest absolute Gasteiger partial charge is 0.343 e. The molecule has 5 rings (SSSR count). The maximum absolute atomic E-state index is 13.9. The van der Waals surface area contributed by atoms with E-state index >= 15 is 0 Å². The number of morpholine rings is 1. The van der Waals surface area contributed by atoms with Gasteiger partial charge >= 0.3 is 17.8 Å². The summed E-state index contributed by atoms with van der Waals surface area (Å²) in [5.74, 6) is -2.02. The number of urea groups is 1. The lowest BCUT2D eigenvalue weighted by molar-refractivity contribution is -0.133. The molecule has 43 heavy (non-hydrogen) atoms.